The number of amidine groups is 1. The van der Waals surface area contributed by atoms with Crippen LogP contribution in [0.3, 0.4) is 0 Å². The van der Waals surface area contributed by atoms with Crippen molar-refractivity contribution in [2.75, 3.05) is 51.3 Å². The van der Waals surface area contributed by atoms with Gasteiger partial charge in [0.15, 0.2) is 6.29 Å². The quantitative estimate of drug-likeness (QED) is 0.187. The number of benzene rings is 1. The Balaban J connectivity index is 1.06. The van der Waals surface area contributed by atoms with Crippen molar-refractivity contribution in [3.63, 3.8) is 0 Å². The molecule has 1 aromatic carbocycles. The second kappa shape index (κ2) is 16.9. The van der Waals surface area contributed by atoms with Crippen molar-refractivity contribution in [3.05, 3.63) is 58.4 Å². The van der Waals surface area contributed by atoms with Gasteiger partial charge in [0.05, 0.1) is 61.7 Å². The number of hydrogen-bond acceptors (Lipinski definition) is 11. The highest BCUT2D eigenvalue weighted by Crippen LogP contribution is 2.50. The number of nitrogens with two attached hydrogens (primary N) is 1. The van der Waals surface area contributed by atoms with Crippen LogP contribution in [0.15, 0.2) is 41.0 Å². The predicted octanol–water partition coefficient (Wildman–Crippen LogP) is 1.61. The van der Waals surface area contributed by atoms with Gasteiger partial charge in [0.1, 0.15) is 5.84 Å². The second-order valence-electron chi connectivity index (χ2n) is 14.1. The molecule has 16 nitrogen and oxygen atoms in total. The summed E-state index contributed by atoms with van der Waals surface area (Å²) >= 11 is 0. The number of aliphatic hydroxyl groups excluding tert-OH is 1. The molecule has 4 amide bonds. The Morgan fingerprint density at radius 3 is 2.57 bits per heavy atom. The summed E-state index contributed by atoms with van der Waals surface area (Å²) < 4.78 is 11.3. The molecule has 1 saturated carbocycles. The summed E-state index contributed by atoms with van der Waals surface area (Å²) in [4.78, 5) is 75.6. The number of carbonyl (C=O) groups is 5. The Morgan fingerprint density at radius 2 is 1.87 bits per heavy atom. The van der Waals surface area contributed by atoms with Gasteiger partial charge in [-0.2, -0.15) is 0 Å². The zero-order valence-corrected chi connectivity index (χ0v) is 30.3. The molecule has 1 aromatic heterocycles. The molecule has 0 spiro atoms. The van der Waals surface area contributed by atoms with Crippen LogP contribution in [0.1, 0.15) is 67.8 Å². The van der Waals surface area contributed by atoms with Crippen LogP contribution < -0.4 is 16.4 Å². The smallest absolute Gasteiger partial charge is 0.303 e. The number of fused-ring (bicyclic) bond motifs is 2. The van der Waals surface area contributed by atoms with E-state index >= 15 is 0 Å². The number of hydrogen-bond donors (Lipinski definition) is 5. The van der Waals surface area contributed by atoms with E-state index in [0.29, 0.717) is 55.8 Å². The number of nitrogens with one attached hydrogen (secondary N) is 2. The molecule has 4 aliphatic rings. The zero-order chi connectivity index (χ0) is 38.4. The SMILES string of the molecule is CCCN(CCO)C(=O)C1=Cc2ccc(C3(C(=O)Nc4cnc5c(c4)CN(C(=O)C4COC(CNC(=O)CCC(=O)O)OC4)CC5)CC3)cc2N=C(N)C1. The van der Waals surface area contributed by atoms with Gasteiger partial charge in [-0.3, -0.25) is 29.0 Å². The van der Waals surface area contributed by atoms with Crippen LogP contribution in [0.2, 0.25) is 0 Å². The number of amides is 4. The monoisotopic (exact) mass is 745 g/mol. The highest BCUT2D eigenvalue weighted by Gasteiger charge is 2.51. The number of carboxylic acid groups (broad SMARTS) is 1. The molecule has 1 aliphatic carbocycles. The van der Waals surface area contributed by atoms with E-state index in [-0.39, 0.29) is 75.7 Å². The van der Waals surface area contributed by atoms with Crippen molar-refractivity contribution in [1.82, 2.24) is 20.1 Å². The minimum Gasteiger partial charge on any atom is -0.481 e. The fourth-order valence-electron chi connectivity index (χ4n) is 7.01. The van der Waals surface area contributed by atoms with Gasteiger partial charge < -0.3 is 45.9 Å². The molecule has 6 N–H and O–H groups in total. The minimum atomic E-state index is -1.06. The number of carbonyl (C=O) groups excluding carboxylic acids is 4. The van der Waals surface area contributed by atoms with Crippen LogP contribution in [0.4, 0.5) is 11.4 Å². The van der Waals surface area contributed by atoms with E-state index in [1.807, 2.05) is 31.2 Å². The summed E-state index contributed by atoms with van der Waals surface area (Å²) in [5.41, 5.74) is 10.3. The molecule has 0 bridgehead atoms. The summed E-state index contributed by atoms with van der Waals surface area (Å²) in [6.45, 7) is 3.67. The lowest BCUT2D eigenvalue weighted by molar-refractivity contribution is -0.203. The average Bonchev–Trinajstić information content (AvgIpc) is 4.00. The highest BCUT2D eigenvalue weighted by molar-refractivity contribution is 6.06. The number of nitrogens with zero attached hydrogens (tertiary/aromatic N) is 4. The number of rotatable bonds is 14. The molecule has 2 aromatic rings. The van der Waals surface area contributed by atoms with Crippen molar-refractivity contribution in [3.8, 4) is 0 Å². The minimum absolute atomic E-state index is 0.0538. The molecule has 0 atom stereocenters. The number of ether oxygens (including phenoxy) is 2. The number of anilines is 1. The third-order valence-electron chi connectivity index (χ3n) is 10.1. The van der Waals surface area contributed by atoms with E-state index in [4.69, 9.17) is 20.3 Å². The molecular formula is C38H47N7O9. The van der Waals surface area contributed by atoms with E-state index < -0.39 is 29.5 Å². The first-order valence-corrected chi connectivity index (χ1v) is 18.4. The molecule has 16 heteroatoms. The highest BCUT2D eigenvalue weighted by atomic mass is 16.7. The van der Waals surface area contributed by atoms with Crippen molar-refractivity contribution >= 4 is 52.9 Å². The number of aliphatic hydroxyl groups is 1. The van der Waals surface area contributed by atoms with Gasteiger partial charge in [-0.25, -0.2) is 4.99 Å². The van der Waals surface area contributed by atoms with Gasteiger partial charge in [-0.05, 0) is 48.6 Å². The topological polar surface area (TPSA) is 226 Å². The maximum absolute atomic E-state index is 13.8. The summed E-state index contributed by atoms with van der Waals surface area (Å²) in [6.07, 6.45) is 5.07. The van der Waals surface area contributed by atoms with Crippen LogP contribution in [0.5, 0.6) is 0 Å². The van der Waals surface area contributed by atoms with Gasteiger partial charge in [-0.1, -0.05) is 19.1 Å². The lowest BCUT2D eigenvalue weighted by atomic mass is 9.92. The molecule has 1 saturated heterocycles. The summed E-state index contributed by atoms with van der Waals surface area (Å²) in [7, 11) is 0. The number of carboxylic acids is 1. The summed E-state index contributed by atoms with van der Waals surface area (Å²) in [5, 5.41) is 23.8. The third-order valence-corrected chi connectivity index (χ3v) is 10.1. The summed E-state index contributed by atoms with van der Waals surface area (Å²) in [5.74, 6) is -2.20. The molecule has 0 unspecified atom stereocenters. The Hall–Kier alpha value is -5.19. The van der Waals surface area contributed by atoms with Crippen LogP contribution in [0, 0.1) is 5.92 Å². The van der Waals surface area contributed by atoms with Crippen LogP contribution in [0.25, 0.3) is 6.08 Å². The van der Waals surface area contributed by atoms with Crippen molar-refractivity contribution in [1.29, 1.82) is 0 Å². The average molecular weight is 746 g/mol. The lowest BCUT2D eigenvalue weighted by Gasteiger charge is -2.34. The van der Waals surface area contributed by atoms with Crippen LogP contribution in [-0.2, 0) is 51.8 Å². The third kappa shape index (κ3) is 8.94. The van der Waals surface area contributed by atoms with Gasteiger partial charge in [0.25, 0.3) is 0 Å². The molecule has 3 aliphatic heterocycles. The lowest BCUT2D eigenvalue weighted by Crippen LogP contribution is -2.47. The first-order chi connectivity index (χ1) is 26.0. The predicted molar refractivity (Wildman–Crippen MR) is 196 cm³/mol. The molecule has 288 valence electrons. The first kappa shape index (κ1) is 38.5. The molecule has 0 radical (unpaired) electrons. The van der Waals surface area contributed by atoms with Crippen molar-refractivity contribution < 1.29 is 43.7 Å². The number of aliphatic carboxylic acids is 1. The van der Waals surface area contributed by atoms with E-state index in [9.17, 15) is 29.1 Å². The maximum Gasteiger partial charge on any atom is 0.303 e. The molecular weight excluding hydrogens is 698 g/mol. The standard InChI is InChI=1S/C38H47N7O9/c1-2-10-44(12-13-46)35(50)24-14-23-3-4-27(17-30(23)43-31(39)16-24)38(8-9-38)37(52)42-28-15-25-20-45(11-7-29(25)40-18-28)36(51)26-21-53-34(54-22-26)19-41-32(47)5-6-33(48)49/h3-4,14-15,17-18,26,34,46H,2,5-13,16,19-22H2,1H3,(H2,39,43)(H,41,47)(H,42,52)(H,48,49). The number of aliphatic imine (C=N–C) groups is 1. The summed E-state index contributed by atoms with van der Waals surface area (Å²) in [6, 6.07) is 7.48. The molecule has 2 fully saturated rings. The molecule has 6 rings (SSSR count). The maximum atomic E-state index is 13.8. The fourth-order valence-corrected chi connectivity index (χ4v) is 7.01. The van der Waals surface area contributed by atoms with E-state index in [0.717, 1.165) is 28.8 Å². The normalized spacial score (nSPS) is 19.9. The Kier molecular flexibility index (Phi) is 12.0. The van der Waals surface area contributed by atoms with E-state index in [1.54, 1.807) is 22.1 Å². The van der Waals surface area contributed by atoms with E-state index in [1.165, 1.54) is 0 Å². The number of aromatic nitrogens is 1. The largest absolute Gasteiger partial charge is 0.481 e. The Labute approximate surface area is 312 Å². The van der Waals surface area contributed by atoms with Gasteiger partial charge in [-0.15, -0.1) is 0 Å². The van der Waals surface area contributed by atoms with Gasteiger partial charge >= 0.3 is 5.97 Å². The van der Waals surface area contributed by atoms with Gasteiger partial charge in [0.2, 0.25) is 23.6 Å². The van der Waals surface area contributed by atoms with Crippen LogP contribution in [-0.4, -0.2) is 113 Å². The molecule has 4 heterocycles. The zero-order valence-electron chi connectivity index (χ0n) is 30.3. The van der Waals surface area contributed by atoms with E-state index in [2.05, 4.69) is 20.6 Å². The fraction of sp³-hybridized carbons (Fsp3) is 0.500. The van der Waals surface area contributed by atoms with Crippen molar-refractivity contribution in [2.24, 2.45) is 16.6 Å². The Morgan fingerprint density at radius 1 is 1.09 bits per heavy atom. The first-order valence-electron chi connectivity index (χ1n) is 18.4. The second-order valence-corrected chi connectivity index (χ2v) is 14.1. The van der Waals surface area contributed by atoms with Gasteiger partial charge in [0, 0.05) is 62.3 Å². The Bertz CT molecular complexity index is 1840. The van der Waals surface area contributed by atoms with Crippen molar-refractivity contribution in [2.45, 2.75) is 70.1 Å². The van der Waals surface area contributed by atoms with Crippen LogP contribution >= 0.6 is 0 Å². The molecule has 54 heavy (non-hydrogen) atoms. The number of pyridine rings is 1.